The molecule has 0 radical (unpaired) electrons. The average molecular weight is 365 g/mol. The molecule has 2 fully saturated rings. The third kappa shape index (κ3) is 3.05. The van der Waals surface area contributed by atoms with E-state index in [1.165, 1.54) is 29.2 Å². The van der Waals surface area contributed by atoms with Gasteiger partial charge in [0, 0.05) is 12.1 Å². The van der Waals surface area contributed by atoms with Crippen molar-refractivity contribution in [2.45, 2.75) is 61.1 Å². The van der Waals surface area contributed by atoms with Crippen molar-refractivity contribution >= 4 is 21.7 Å². The van der Waals surface area contributed by atoms with Crippen LogP contribution in [0.4, 0.5) is 0 Å². The van der Waals surface area contributed by atoms with Crippen LogP contribution in [-0.2, 0) is 14.6 Å². The van der Waals surface area contributed by atoms with Crippen molar-refractivity contribution in [2.75, 3.05) is 6.54 Å². The first-order valence-corrected chi connectivity index (χ1v) is 10.2. The van der Waals surface area contributed by atoms with E-state index in [2.05, 4.69) is 0 Å². The zero-order valence-corrected chi connectivity index (χ0v) is 15.1. The van der Waals surface area contributed by atoms with Gasteiger partial charge in [-0.2, -0.15) is 0 Å². The minimum Gasteiger partial charge on any atom is -0.480 e. The van der Waals surface area contributed by atoms with Crippen molar-refractivity contribution in [3.63, 3.8) is 0 Å². The molecule has 2 aliphatic rings. The molecule has 1 aromatic rings. The Hall–Kier alpha value is -1.89. The molecule has 136 valence electrons. The maximum atomic E-state index is 12.7. The standard InChI is InChI=1S/C18H23NO5S/c1-18(17(21)22)11-4-12-19(18)16(20)13-7-9-15(10-8-13)25(23,24)14-5-2-3-6-14/h7-10,14H,2-6,11-12H2,1H3,(H,21,22). The molecule has 1 atom stereocenters. The van der Waals surface area contributed by atoms with Crippen molar-refractivity contribution in [3.05, 3.63) is 29.8 Å². The Morgan fingerprint density at radius 2 is 1.72 bits per heavy atom. The van der Waals surface area contributed by atoms with Crippen molar-refractivity contribution in [2.24, 2.45) is 0 Å². The van der Waals surface area contributed by atoms with Crippen LogP contribution < -0.4 is 0 Å². The van der Waals surface area contributed by atoms with Crippen LogP contribution in [0.5, 0.6) is 0 Å². The molecule has 1 unspecified atom stereocenters. The zero-order chi connectivity index (χ0) is 18.2. The normalized spacial score (nSPS) is 24.6. The van der Waals surface area contributed by atoms with Crippen LogP contribution in [0.2, 0.25) is 0 Å². The molecule has 25 heavy (non-hydrogen) atoms. The van der Waals surface area contributed by atoms with Crippen molar-refractivity contribution < 1.29 is 23.1 Å². The summed E-state index contributed by atoms with van der Waals surface area (Å²) in [7, 11) is -3.36. The first kappa shape index (κ1) is 17.9. The van der Waals surface area contributed by atoms with Crippen LogP contribution in [0.1, 0.15) is 55.8 Å². The molecule has 1 N–H and O–H groups in total. The minimum atomic E-state index is -3.36. The van der Waals surface area contributed by atoms with E-state index >= 15 is 0 Å². The maximum absolute atomic E-state index is 12.7. The summed E-state index contributed by atoms with van der Waals surface area (Å²) in [6, 6.07) is 5.92. The average Bonchev–Trinajstić information content (AvgIpc) is 3.25. The Kier molecular flexibility index (Phi) is 4.62. The van der Waals surface area contributed by atoms with Crippen LogP contribution in [0.15, 0.2) is 29.2 Å². The summed E-state index contributed by atoms with van der Waals surface area (Å²) in [6.45, 7) is 1.95. The SMILES string of the molecule is CC1(C(=O)O)CCCN1C(=O)c1ccc(S(=O)(=O)C2CCCC2)cc1. The smallest absolute Gasteiger partial charge is 0.329 e. The number of sulfone groups is 1. The number of carboxylic acids is 1. The first-order chi connectivity index (χ1) is 11.8. The van der Waals surface area contributed by atoms with Gasteiger partial charge in [-0.05, 0) is 56.9 Å². The van der Waals surface area contributed by atoms with Gasteiger partial charge in [0.2, 0.25) is 0 Å². The Bertz CT molecular complexity index is 780. The van der Waals surface area contributed by atoms with Gasteiger partial charge in [-0.1, -0.05) is 12.8 Å². The lowest BCUT2D eigenvalue weighted by atomic mass is 9.98. The molecule has 0 bridgehead atoms. The van der Waals surface area contributed by atoms with Crippen molar-refractivity contribution in [1.29, 1.82) is 0 Å². The van der Waals surface area contributed by atoms with Crippen molar-refractivity contribution in [1.82, 2.24) is 4.90 Å². The molecule has 1 saturated heterocycles. The molecule has 1 aromatic carbocycles. The molecular weight excluding hydrogens is 342 g/mol. The predicted octanol–water partition coefficient (Wildman–Crippen LogP) is 2.48. The highest BCUT2D eigenvalue weighted by molar-refractivity contribution is 7.92. The lowest BCUT2D eigenvalue weighted by molar-refractivity contribution is -0.147. The third-order valence-electron chi connectivity index (χ3n) is 5.52. The summed E-state index contributed by atoms with van der Waals surface area (Å²) in [5, 5.41) is 9.11. The second-order valence-electron chi connectivity index (χ2n) is 7.12. The van der Waals surface area contributed by atoms with E-state index < -0.39 is 21.3 Å². The largest absolute Gasteiger partial charge is 0.480 e. The number of likely N-dealkylation sites (tertiary alicyclic amines) is 1. The fraction of sp³-hybridized carbons (Fsp3) is 0.556. The molecule has 1 amide bonds. The van der Waals surface area contributed by atoms with E-state index in [9.17, 15) is 23.1 Å². The Labute approximate surface area is 147 Å². The Balaban J connectivity index is 1.83. The van der Waals surface area contributed by atoms with E-state index in [1.807, 2.05) is 0 Å². The van der Waals surface area contributed by atoms with Gasteiger partial charge in [0.15, 0.2) is 9.84 Å². The van der Waals surface area contributed by atoms with Crippen molar-refractivity contribution in [3.8, 4) is 0 Å². The number of hydrogen-bond acceptors (Lipinski definition) is 4. The third-order valence-corrected chi connectivity index (χ3v) is 7.80. The molecule has 3 rings (SSSR count). The van der Waals surface area contributed by atoms with Gasteiger partial charge in [-0.25, -0.2) is 13.2 Å². The number of carbonyl (C=O) groups is 2. The number of rotatable bonds is 4. The number of benzene rings is 1. The summed E-state index contributed by atoms with van der Waals surface area (Å²) in [4.78, 5) is 25.8. The summed E-state index contributed by atoms with van der Waals surface area (Å²) in [5.74, 6) is -1.38. The van der Waals surface area contributed by atoms with Gasteiger partial charge in [-0.15, -0.1) is 0 Å². The number of carboxylic acid groups (broad SMARTS) is 1. The molecule has 1 aliphatic heterocycles. The van der Waals surface area contributed by atoms with Crippen LogP contribution in [0.25, 0.3) is 0 Å². The highest BCUT2D eigenvalue weighted by atomic mass is 32.2. The lowest BCUT2D eigenvalue weighted by Crippen LogP contribution is -2.50. The number of carbonyl (C=O) groups excluding carboxylic acids is 1. The molecule has 1 heterocycles. The van der Waals surface area contributed by atoms with Gasteiger partial charge in [0.05, 0.1) is 10.1 Å². The van der Waals surface area contributed by atoms with Crippen LogP contribution in [0, 0.1) is 0 Å². The second kappa shape index (κ2) is 6.44. The number of hydrogen-bond donors (Lipinski definition) is 1. The van der Waals surface area contributed by atoms with E-state index in [4.69, 9.17) is 0 Å². The molecule has 7 heteroatoms. The van der Waals surface area contributed by atoms with E-state index in [-0.39, 0.29) is 16.1 Å². The summed E-state index contributed by atoms with van der Waals surface area (Å²) in [6.07, 6.45) is 4.30. The van der Waals surface area contributed by atoms with Gasteiger partial charge in [0.25, 0.3) is 5.91 Å². The Morgan fingerprint density at radius 3 is 2.28 bits per heavy atom. The number of nitrogens with zero attached hydrogens (tertiary/aromatic N) is 1. The summed E-state index contributed by atoms with van der Waals surface area (Å²) in [5.41, 5.74) is -0.883. The van der Waals surface area contributed by atoms with Crippen LogP contribution >= 0.6 is 0 Å². The van der Waals surface area contributed by atoms with Crippen LogP contribution in [0.3, 0.4) is 0 Å². The highest BCUT2D eigenvalue weighted by Gasteiger charge is 2.46. The van der Waals surface area contributed by atoms with E-state index in [0.717, 1.165) is 12.8 Å². The van der Waals surface area contributed by atoms with E-state index in [1.54, 1.807) is 6.92 Å². The Morgan fingerprint density at radius 1 is 1.12 bits per heavy atom. The van der Waals surface area contributed by atoms with Gasteiger partial charge >= 0.3 is 5.97 Å². The molecular formula is C18H23NO5S. The number of aliphatic carboxylic acids is 1. The fourth-order valence-corrected chi connectivity index (χ4v) is 5.70. The van der Waals surface area contributed by atoms with Gasteiger partial charge in [-0.3, -0.25) is 4.79 Å². The quantitative estimate of drug-likeness (QED) is 0.885. The molecule has 6 nitrogen and oxygen atoms in total. The summed E-state index contributed by atoms with van der Waals surface area (Å²) >= 11 is 0. The second-order valence-corrected chi connectivity index (χ2v) is 9.34. The molecule has 1 saturated carbocycles. The zero-order valence-electron chi connectivity index (χ0n) is 14.3. The predicted molar refractivity (Wildman–Crippen MR) is 92.2 cm³/mol. The fourth-order valence-electron chi connectivity index (χ4n) is 3.85. The molecule has 1 aliphatic carbocycles. The maximum Gasteiger partial charge on any atom is 0.329 e. The first-order valence-electron chi connectivity index (χ1n) is 8.66. The topological polar surface area (TPSA) is 91.8 Å². The monoisotopic (exact) mass is 365 g/mol. The summed E-state index contributed by atoms with van der Waals surface area (Å²) < 4.78 is 25.2. The van der Waals surface area contributed by atoms with Gasteiger partial charge in [0.1, 0.15) is 5.54 Å². The van der Waals surface area contributed by atoms with Crippen LogP contribution in [-0.4, -0.2) is 47.6 Å². The lowest BCUT2D eigenvalue weighted by Gasteiger charge is -2.31. The number of amides is 1. The highest BCUT2D eigenvalue weighted by Crippen LogP contribution is 2.32. The minimum absolute atomic E-state index is 0.235. The van der Waals surface area contributed by atoms with Gasteiger partial charge < -0.3 is 10.0 Å². The molecule has 0 spiro atoms. The molecule has 0 aromatic heterocycles. The van der Waals surface area contributed by atoms with E-state index in [0.29, 0.717) is 37.8 Å².